The van der Waals surface area contributed by atoms with Gasteiger partial charge in [-0.25, -0.2) is 0 Å². The summed E-state index contributed by atoms with van der Waals surface area (Å²) < 4.78 is 21.6. The van der Waals surface area contributed by atoms with Crippen LogP contribution in [0.25, 0.3) is 0 Å². The lowest BCUT2D eigenvalue weighted by Crippen LogP contribution is -2.30. The third-order valence-corrected chi connectivity index (χ3v) is 2.36. The summed E-state index contributed by atoms with van der Waals surface area (Å²) in [6, 6.07) is 0. The second-order valence-electron chi connectivity index (χ2n) is 4.62. The molecule has 0 aromatic heterocycles. The molecule has 12 heavy (non-hydrogen) atoms. The van der Waals surface area contributed by atoms with Crippen molar-refractivity contribution in [3.8, 4) is 0 Å². The first-order valence-electron chi connectivity index (χ1n) is 5.76. The van der Waals surface area contributed by atoms with E-state index in [1.807, 2.05) is 20.8 Å². The zero-order valence-electron chi connectivity index (χ0n) is 9.95. The summed E-state index contributed by atoms with van der Waals surface area (Å²) in [7, 11) is 0. The van der Waals surface area contributed by atoms with Gasteiger partial charge in [-0.2, -0.15) is 0 Å². The molecule has 2 aliphatic rings. The van der Waals surface area contributed by atoms with Crippen LogP contribution in [0.5, 0.6) is 0 Å². The van der Waals surface area contributed by atoms with Crippen LogP contribution in [0.2, 0.25) is 0 Å². The fourth-order valence-electron chi connectivity index (χ4n) is 1.90. The summed E-state index contributed by atoms with van der Waals surface area (Å²) in [5.74, 6) is 0.281. The molecule has 68 valence electrons. The molecular weight excluding hydrogens is 148 g/mol. The van der Waals surface area contributed by atoms with E-state index in [4.69, 9.17) is 7.48 Å². The van der Waals surface area contributed by atoms with Crippen molar-refractivity contribution in [2.45, 2.75) is 45.3 Å². The Balaban J connectivity index is 2.11. The number of ether oxygens (including phenoxy) is 1. The van der Waals surface area contributed by atoms with Crippen molar-refractivity contribution >= 4 is 0 Å². The lowest BCUT2D eigenvalue weighted by molar-refractivity contribution is -0.0753. The predicted octanol–water partition coefficient (Wildman–Crippen LogP) is 2.77. The SMILES string of the molecule is [2H]C1C2C=CC(C2OC(C)(C)C)[C@H]1[2H]. The molecule has 0 aromatic rings. The van der Waals surface area contributed by atoms with E-state index in [1.54, 1.807) is 0 Å². The van der Waals surface area contributed by atoms with Crippen molar-refractivity contribution in [1.29, 1.82) is 0 Å². The van der Waals surface area contributed by atoms with E-state index >= 15 is 0 Å². The normalized spacial score (nSPS) is 54.1. The molecule has 0 N–H and O–H groups in total. The van der Waals surface area contributed by atoms with Crippen LogP contribution in [-0.4, -0.2) is 11.7 Å². The van der Waals surface area contributed by atoms with E-state index in [0.717, 1.165) is 0 Å². The molecular formula is C11H18O. The lowest BCUT2D eigenvalue weighted by Gasteiger charge is -2.27. The molecule has 0 spiro atoms. The van der Waals surface area contributed by atoms with Gasteiger partial charge in [-0.05, 0) is 33.6 Å². The Bertz CT molecular complexity index is 239. The number of hydrogen-bond donors (Lipinski definition) is 0. The highest BCUT2D eigenvalue weighted by atomic mass is 16.5. The fraction of sp³-hybridized carbons (Fsp3) is 0.818. The predicted molar refractivity (Wildman–Crippen MR) is 50.0 cm³/mol. The minimum absolute atomic E-state index is 0.0694. The molecule has 2 bridgehead atoms. The maximum atomic E-state index is 7.85. The Morgan fingerprint density at radius 2 is 1.75 bits per heavy atom. The van der Waals surface area contributed by atoms with Crippen molar-refractivity contribution in [2.75, 3.05) is 0 Å². The van der Waals surface area contributed by atoms with Gasteiger partial charge in [0.05, 0.1) is 11.7 Å². The van der Waals surface area contributed by atoms with Gasteiger partial charge < -0.3 is 4.74 Å². The monoisotopic (exact) mass is 168 g/mol. The molecule has 1 fully saturated rings. The largest absolute Gasteiger partial charge is 0.371 e. The highest BCUT2D eigenvalue weighted by Crippen LogP contribution is 2.42. The summed E-state index contributed by atoms with van der Waals surface area (Å²) >= 11 is 0. The molecule has 0 radical (unpaired) electrons. The highest BCUT2D eigenvalue weighted by Gasteiger charge is 2.40. The fourth-order valence-corrected chi connectivity index (χ4v) is 1.90. The molecule has 1 saturated carbocycles. The molecule has 0 amide bonds. The average molecular weight is 168 g/mol. The number of rotatable bonds is 1. The molecule has 1 nitrogen and oxygen atoms in total. The molecule has 0 saturated heterocycles. The van der Waals surface area contributed by atoms with Crippen LogP contribution in [0, 0.1) is 11.8 Å². The van der Waals surface area contributed by atoms with Crippen LogP contribution in [0.3, 0.4) is 0 Å². The number of fused-ring (bicyclic) bond motifs is 2. The third-order valence-electron chi connectivity index (χ3n) is 2.36. The first-order valence-corrected chi connectivity index (χ1v) is 4.61. The van der Waals surface area contributed by atoms with E-state index < -0.39 is 0 Å². The van der Waals surface area contributed by atoms with E-state index in [1.165, 1.54) is 0 Å². The van der Waals surface area contributed by atoms with Gasteiger partial charge >= 0.3 is 0 Å². The first-order chi connectivity index (χ1) is 6.40. The van der Waals surface area contributed by atoms with Gasteiger partial charge in [-0.15, -0.1) is 0 Å². The molecule has 0 aromatic carbocycles. The molecule has 2 rings (SSSR count). The maximum absolute atomic E-state index is 7.85. The third kappa shape index (κ3) is 1.42. The van der Waals surface area contributed by atoms with E-state index in [-0.39, 0.29) is 36.3 Å². The van der Waals surface area contributed by atoms with Crippen LogP contribution < -0.4 is 0 Å². The summed E-state index contributed by atoms with van der Waals surface area (Å²) in [4.78, 5) is 0. The molecule has 1 heteroatoms. The zero-order chi connectivity index (χ0) is 10.5. The van der Waals surface area contributed by atoms with Crippen LogP contribution in [-0.2, 0) is 4.74 Å². The van der Waals surface area contributed by atoms with Gasteiger partial charge in [-0.1, -0.05) is 12.2 Å². The van der Waals surface area contributed by atoms with Gasteiger partial charge in [-0.3, -0.25) is 0 Å². The van der Waals surface area contributed by atoms with Gasteiger partial charge in [0.1, 0.15) is 0 Å². The molecule has 2 aliphatic carbocycles. The zero-order valence-corrected chi connectivity index (χ0v) is 7.95. The summed E-state index contributed by atoms with van der Waals surface area (Å²) in [6.07, 6.45) is 3.60. The Labute approximate surface area is 77.6 Å². The van der Waals surface area contributed by atoms with Crippen molar-refractivity contribution in [3.05, 3.63) is 12.2 Å². The smallest absolute Gasteiger partial charge is 0.0707 e. The van der Waals surface area contributed by atoms with Gasteiger partial charge in [0, 0.05) is 14.6 Å². The first kappa shape index (κ1) is 6.20. The second kappa shape index (κ2) is 2.59. The van der Waals surface area contributed by atoms with Gasteiger partial charge in [0.15, 0.2) is 0 Å². The molecule has 5 atom stereocenters. The Morgan fingerprint density at radius 3 is 2.17 bits per heavy atom. The van der Waals surface area contributed by atoms with Crippen molar-refractivity contribution in [1.82, 2.24) is 0 Å². The van der Waals surface area contributed by atoms with Crippen LogP contribution in [0.4, 0.5) is 0 Å². The topological polar surface area (TPSA) is 9.23 Å². The van der Waals surface area contributed by atoms with Gasteiger partial charge in [0.2, 0.25) is 0 Å². The van der Waals surface area contributed by atoms with Crippen LogP contribution in [0.15, 0.2) is 12.2 Å². The molecule has 4 unspecified atom stereocenters. The maximum Gasteiger partial charge on any atom is 0.0707 e. The van der Waals surface area contributed by atoms with Gasteiger partial charge in [0.25, 0.3) is 0 Å². The summed E-state index contributed by atoms with van der Waals surface area (Å²) in [5, 5.41) is 0. The van der Waals surface area contributed by atoms with Crippen LogP contribution in [0.1, 0.15) is 36.3 Å². The summed E-state index contributed by atoms with van der Waals surface area (Å²) in [5.41, 5.74) is -0.170. The standard InChI is InChI=1S/C11H18O/c1-11(2,3)12-10-8-4-5-9(10)7-6-8/h4-5,8-10H,6-7H2,1-3H3/i6D,7D/t6-,7?,8?,9?,10?/m0/s1. The average Bonchev–Trinajstić information content (AvgIpc) is 2.49. The Morgan fingerprint density at radius 1 is 1.25 bits per heavy atom. The number of hydrogen-bond acceptors (Lipinski definition) is 1. The summed E-state index contributed by atoms with van der Waals surface area (Å²) in [6.45, 7) is 6.09. The Kier molecular flexibility index (Phi) is 1.34. The molecule has 0 aliphatic heterocycles. The highest BCUT2D eigenvalue weighted by molar-refractivity contribution is 5.13. The van der Waals surface area contributed by atoms with Crippen molar-refractivity contribution in [2.24, 2.45) is 11.8 Å². The minimum Gasteiger partial charge on any atom is -0.371 e. The minimum atomic E-state index is -0.294. The second-order valence-corrected chi connectivity index (χ2v) is 4.62. The van der Waals surface area contributed by atoms with E-state index in [0.29, 0.717) is 0 Å². The van der Waals surface area contributed by atoms with Crippen molar-refractivity contribution in [3.63, 3.8) is 0 Å². The van der Waals surface area contributed by atoms with E-state index in [2.05, 4.69) is 12.2 Å². The van der Waals surface area contributed by atoms with E-state index in [9.17, 15) is 0 Å². The van der Waals surface area contributed by atoms with Crippen molar-refractivity contribution < 1.29 is 7.48 Å². The lowest BCUT2D eigenvalue weighted by atomic mass is 10.1. The Hall–Kier alpha value is -0.300. The van der Waals surface area contributed by atoms with Crippen LogP contribution >= 0.6 is 0 Å². The molecule has 0 heterocycles. The quantitative estimate of drug-likeness (QED) is 0.547.